The largest absolute Gasteiger partial charge is 0.497 e. The molecular formula is C13H15N3O3. The molecule has 0 bridgehead atoms. The number of nitrogens with zero attached hydrogens (tertiary/aromatic N) is 2. The average molecular weight is 261 g/mol. The van der Waals surface area contributed by atoms with Crippen molar-refractivity contribution in [3.63, 3.8) is 0 Å². The van der Waals surface area contributed by atoms with Crippen molar-refractivity contribution in [1.29, 1.82) is 0 Å². The SMILES string of the molecule is COc1cccc(Nc2c(C(=O)O)c(C)nn2C)c1. The third kappa shape index (κ3) is 2.52. The summed E-state index contributed by atoms with van der Waals surface area (Å²) < 4.78 is 6.64. The van der Waals surface area contributed by atoms with Gasteiger partial charge in [0.15, 0.2) is 0 Å². The summed E-state index contributed by atoms with van der Waals surface area (Å²) in [6, 6.07) is 7.26. The van der Waals surface area contributed by atoms with Crippen molar-refractivity contribution in [2.45, 2.75) is 6.92 Å². The van der Waals surface area contributed by atoms with Crippen LogP contribution in [0.1, 0.15) is 16.1 Å². The minimum atomic E-state index is -1.00. The molecule has 0 spiro atoms. The highest BCUT2D eigenvalue weighted by Gasteiger charge is 2.19. The minimum Gasteiger partial charge on any atom is -0.497 e. The number of carbonyl (C=O) groups is 1. The van der Waals surface area contributed by atoms with Crippen LogP contribution in [0.5, 0.6) is 5.75 Å². The maximum Gasteiger partial charge on any atom is 0.341 e. The zero-order valence-electron chi connectivity index (χ0n) is 11.0. The van der Waals surface area contributed by atoms with E-state index in [1.165, 1.54) is 4.68 Å². The second-order valence-electron chi connectivity index (χ2n) is 4.09. The van der Waals surface area contributed by atoms with Gasteiger partial charge in [0, 0.05) is 18.8 Å². The summed E-state index contributed by atoms with van der Waals surface area (Å²) in [6.07, 6.45) is 0. The van der Waals surface area contributed by atoms with E-state index in [1.54, 1.807) is 27.1 Å². The molecule has 0 atom stereocenters. The maximum atomic E-state index is 11.3. The molecule has 2 rings (SSSR count). The number of hydrogen-bond donors (Lipinski definition) is 2. The Bertz CT molecular complexity index is 620. The second kappa shape index (κ2) is 5.01. The summed E-state index contributed by atoms with van der Waals surface area (Å²) in [4.78, 5) is 11.3. The molecule has 2 aromatic rings. The van der Waals surface area contributed by atoms with Gasteiger partial charge in [-0.2, -0.15) is 5.10 Å². The number of carboxylic acids is 1. The van der Waals surface area contributed by atoms with Crippen LogP contribution in [0, 0.1) is 6.92 Å². The monoisotopic (exact) mass is 261 g/mol. The molecule has 2 N–H and O–H groups in total. The van der Waals surface area contributed by atoms with Crippen molar-refractivity contribution < 1.29 is 14.6 Å². The lowest BCUT2D eigenvalue weighted by Crippen LogP contribution is -2.05. The molecule has 100 valence electrons. The van der Waals surface area contributed by atoms with E-state index in [4.69, 9.17) is 4.74 Å². The van der Waals surface area contributed by atoms with E-state index in [0.717, 1.165) is 5.69 Å². The number of rotatable bonds is 4. The highest BCUT2D eigenvalue weighted by molar-refractivity contribution is 5.95. The third-order valence-corrected chi connectivity index (χ3v) is 2.77. The molecule has 0 unspecified atom stereocenters. The lowest BCUT2D eigenvalue weighted by molar-refractivity contribution is 0.0697. The van der Waals surface area contributed by atoms with Gasteiger partial charge in [-0.1, -0.05) is 6.07 Å². The van der Waals surface area contributed by atoms with Crippen molar-refractivity contribution in [2.75, 3.05) is 12.4 Å². The zero-order valence-corrected chi connectivity index (χ0v) is 11.0. The van der Waals surface area contributed by atoms with Crippen molar-refractivity contribution in [2.24, 2.45) is 7.05 Å². The van der Waals surface area contributed by atoms with Gasteiger partial charge in [0.05, 0.1) is 12.8 Å². The van der Waals surface area contributed by atoms with Gasteiger partial charge in [0.25, 0.3) is 0 Å². The predicted octanol–water partition coefficient (Wildman–Crippen LogP) is 2.18. The summed E-state index contributed by atoms with van der Waals surface area (Å²) >= 11 is 0. The maximum absolute atomic E-state index is 11.3. The molecule has 0 amide bonds. The number of aryl methyl sites for hydroxylation is 2. The Labute approximate surface area is 110 Å². The number of anilines is 2. The molecule has 0 aliphatic heterocycles. The van der Waals surface area contributed by atoms with Crippen LogP contribution in [0.4, 0.5) is 11.5 Å². The lowest BCUT2D eigenvalue weighted by atomic mass is 10.2. The first-order valence-electron chi connectivity index (χ1n) is 5.71. The van der Waals surface area contributed by atoms with E-state index >= 15 is 0 Å². The Hall–Kier alpha value is -2.50. The fourth-order valence-corrected chi connectivity index (χ4v) is 1.90. The number of methoxy groups -OCH3 is 1. The molecule has 0 saturated carbocycles. The number of carboxylic acid groups (broad SMARTS) is 1. The average Bonchev–Trinajstić information content (AvgIpc) is 2.64. The Morgan fingerprint density at radius 1 is 1.47 bits per heavy atom. The number of hydrogen-bond acceptors (Lipinski definition) is 4. The number of aromatic carboxylic acids is 1. The van der Waals surface area contributed by atoms with E-state index in [0.29, 0.717) is 17.3 Å². The van der Waals surface area contributed by atoms with Crippen LogP contribution in [-0.4, -0.2) is 28.0 Å². The molecule has 1 heterocycles. The molecule has 19 heavy (non-hydrogen) atoms. The quantitative estimate of drug-likeness (QED) is 0.882. The van der Waals surface area contributed by atoms with Gasteiger partial charge in [0.2, 0.25) is 0 Å². The summed E-state index contributed by atoms with van der Waals surface area (Å²) in [6.45, 7) is 1.67. The number of benzene rings is 1. The lowest BCUT2D eigenvalue weighted by Gasteiger charge is -2.09. The standard InChI is InChI=1S/C13H15N3O3/c1-8-11(13(17)18)12(16(2)15-8)14-9-5-4-6-10(7-9)19-3/h4-7,14H,1-3H3,(H,17,18). The van der Waals surface area contributed by atoms with Crippen molar-refractivity contribution in [3.05, 3.63) is 35.5 Å². The van der Waals surface area contributed by atoms with Crippen LogP contribution in [0.25, 0.3) is 0 Å². The van der Waals surface area contributed by atoms with Gasteiger partial charge < -0.3 is 15.2 Å². The summed E-state index contributed by atoms with van der Waals surface area (Å²) in [5.41, 5.74) is 1.38. The Morgan fingerprint density at radius 3 is 2.84 bits per heavy atom. The van der Waals surface area contributed by atoms with Crippen molar-refractivity contribution in [1.82, 2.24) is 9.78 Å². The smallest absolute Gasteiger partial charge is 0.341 e. The Morgan fingerprint density at radius 2 is 2.21 bits per heavy atom. The molecule has 0 aliphatic carbocycles. The summed E-state index contributed by atoms with van der Waals surface area (Å²) in [7, 11) is 3.28. The normalized spacial score (nSPS) is 10.3. The topological polar surface area (TPSA) is 76.4 Å². The third-order valence-electron chi connectivity index (χ3n) is 2.77. The Balaban J connectivity index is 2.40. The molecule has 0 fully saturated rings. The van der Waals surface area contributed by atoms with Crippen LogP contribution in [0.2, 0.25) is 0 Å². The molecule has 6 heteroatoms. The summed E-state index contributed by atoms with van der Waals surface area (Å²) in [5.74, 6) is 0.134. The Kier molecular flexibility index (Phi) is 3.41. The van der Waals surface area contributed by atoms with Crippen molar-refractivity contribution >= 4 is 17.5 Å². The first kappa shape index (κ1) is 12.9. The first-order chi connectivity index (χ1) is 9.02. The van der Waals surface area contributed by atoms with Gasteiger partial charge in [-0.15, -0.1) is 0 Å². The number of ether oxygens (including phenoxy) is 1. The highest BCUT2D eigenvalue weighted by atomic mass is 16.5. The van der Waals surface area contributed by atoms with E-state index in [-0.39, 0.29) is 5.56 Å². The van der Waals surface area contributed by atoms with E-state index in [2.05, 4.69) is 10.4 Å². The van der Waals surface area contributed by atoms with Gasteiger partial charge in [-0.05, 0) is 19.1 Å². The fourth-order valence-electron chi connectivity index (χ4n) is 1.90. The molecular weight excluding hydrogens is 246 g/mol. The van der Waals surface area contributed by atoms with Gasteiger partial charge in [-0.3, -0.25) is 4.68 Å². The molecule has 1 aromatic heterocycles. The van der Waals surface area contributed by atoms with Gasteiger partial charge in [-0.25, -0.2) is 4.79 Å². The number of nitrogens with one attached hydrogen (secondary N) is 1. The minimum absolute atomic E-state index is 0.172. The zero-order chi connectivity index (χ0) is 14.0. The van der Waals surface area contributed by atoms with E-state index < -0.39 is 5.97 Å². The first-order valence-corrected chi connectivity index (χ1v) is 5.71. The van der Waals surface area contributed by atoms with Crippen LogP contribution in [-0.2, 0) is 7.05 Å². The van der Waals surface area contributed by atoms with E-state index in [9.17, 15) is 9.90 Å². The molecule has 6 nitrogen and oxygen atoms in total. The van der Waals surface area contributed by atoms with Crippen LogP contribution < -0.4 is 10.1 Å². The second-order valence-corrected chi connectivity index (χ2v) is 4.09. The molecule has 1 aromatic carbocycles. The molecule has 0 aliphatic rings. The van der Waals surface area contributed by atoms with Crippen molar-refractivity contribution in [3.8, 4) is 5.75 Å². The highest BCUT2D eigenvalue weighted by Crippen LogP contribution is 2.25. The van der Waals surface area contributed by atoms with Gasteiger partial charge >= 0.3 is 5.97 Å². The number of aromatic nitrogens is 2. The summed E-state index contributed by atoms with van der Waals surface area (Å²) in [5, 5.41) is 16.4. The van der Waals surface area contributed by atoms with Crippen LogP contribution in [0.15, 0.2) is 24.3 Å². The van der Waals surface area contributed by atoms with Crippen LogP contribution in [0.3, 0.4) is 0 Å². The fraction of sp³-hybridized carbons (Fsp3) is 0.231. The predicted molar refractivity (Wildman–Crippen MR) is 71.2 cm³/mol. The molecule has 0 saturated heterocycles. The molecule has 0 radical (unpaired) electrons. The van der Waals surface area contributed by atoms with Gasteiger partial charge in [0.1, 0.15) is 17.1 Å². The van der Waals surface area contributed by atoms with E-state index in [1.807, 2.05) is 18.2 Å². The van der Waals surface area contributed by atoms with Crippen LogP contribution >= 0.6 is 0 Å².